The van der Waals surface area contributed by atoms with Crippen LogP contribution >= 0.6 is 0 Å². The largest absolute Gasteiger partial charge is 0.347 e. The predicted octanol–water partition coefficient (Wildman–Crippen LogP) is 3.14. The lowest BCUT2D eigenvalue weighted by Crippen LogP contribution is -2.36. The number of hydrogen-bond acceptors (Lipinski definition) is 5. The van der Waals surface area contributed by atoms with Gasteiger partial charge in [0, 0.05) is 17.5 Å². The Morgan fingerprint density at radius 2 is 2.00 bits per heavy atom. The van der Waals surface area contributed by atoms with Crippen molar-refractivity contribution in [2.75, 3.05) is 0 Å². The lowest BCUT2D eigenvalue weighted by atomic mass is 10.1. The first-order valence-electron chi connectivity index (χ1n) is 9.78. The summed E-state index contributed by atoms with van der Waals surface area (Å²) < 4.78 is 0. The molecular weight excluding hydrogens is 354 g/mol. The fourth-order valence-corrected chi connectivity index (χ4v) is 3.83. The van der Waals surface area contributed by atoms with Gasteiger partial charge in [-0.15, -0.1) is 10.2 Å². The van der Waals surface area contributed by atoms with Crippen LogP contribution in [-0.2, 0) is 4.79 Å². The second-order valence-corrected chi connectivity index (χ2v) is 7.22. The quantitative estimate of drug-likeness (QED) is 0.711. The standard InChI is InChI=1S/C21H23N5O2/c1-2-16(23-20(27)14-8-3-4-9-14)18-21(28)24-19(26-25-18)17-15-10-6-5-7-13(15)11-12-22-17/h5-7,10-12,14,16H,2-4,8-9H2,1H3,(H,23,27)(H,24,26,28). The second-order valence-electron chi connectivity index (χ2n) is 7.22. The van der Waals surface area contributed by atoms with Gasteiger partial charge in [0.1, 0.15) is 5.69 Å². The fraction of sp³-hybridized carbons (Fsp3) is 0.381. The maximum absolute atomic E-state index is 12.7. The Morgan fingerprint density at radius 3 is 2.75 bits per heavy atom. The molecule has 0 bridgehead atoms. The predicted molar refractivity (Wildman–Crippen MR) is 107 cm³/mol. The van der Waals surface area contributed by atoms with Crippen LogP contribution in [0.2, 0.25) is 0 Å². The molecule has 2 aromatic heterocycles. The number of amides is 1. The van der Waals surface area contributed by atoms with E-state index in [4.69, 9.17) is 0 Å². The molecule has 28 heavy (non-hydrogen) atoms. The van der Waals surface area contributed by atoms with Crippen molar-refractivity contribution < 1.29 is 4.79 Å². The van der Waals surface area contributed by atoms with Crippen LogP contribution in [0, 0.1) is 5.92 Å². The zero-order chi connectivity index (χ0) is 19.5. The number of carbonyl (C=O) groups excluding carboxylic acids is 1. The Bertz CT molecular complexity index is 1050. The van der Waals surface area contributed by atoms with Gasteiger partial charge in [-0.3, -0.25) is 14.6 Å². The average molecular weight is 377 g/mol. The molecule has 0 saturated heterocycles. The van der Waals surface area contributed by atoms with E-state index in [-0.39, 0.29) is 23.1 Å². The highest BCUT2D eigenvalue weighted by Crippen LogP contribution is 2.26. The van der Waals surface area contributed by atoms with Crippen LogP contribution in [-0.4, -0.2) is 26.1 Å². The molecular formula is C21H23N5O2. The van der Waals surface area contributed by atoms with Crippen molar-refractivity contribution in [2.45, 2.75) is 45.1 Å². The van der Waals surface area contributed by atoms with Crippen LogP contribution in [0.25, 0.3) is 22.3 Å². The summed E-state index contributed by atoms with van der Waals surface area (Å²) in [7, 11) is 0. The van der Waals surface area contributed by atoms with Crippen molar-refractivity contribution in [2.24, 2.45) is 5.92 Å². The summed E-state index contributed by atoms with van der Waals surface area (Å²) in [6.07, 6.45) is 6.25. The maximum atomic E-state index is 12.7. The van der Waals surface area contributed by atoms with Crippen LogP contribution in [0.4, 0.5) is 0 Å². The molecule has 0 aliphatic heterocycles. The number of H-pyrrole nitrogens is 1. The van der Waals surface area contributed by atoms with Crippen LogP contribution in [0.5, 0.6) is 0 Å². The Kier molecular flexibility index (Phi) is 5.14. The normalized spacial score (nSPS) is 15.6. The van der Waals surface area contributed by atoms with E-state index < -0.39 is 6.04 Å². The van der Waals surface area contributed by atoms with Crippen LogP contribution in [0.1, 0.15) is 50.8 Å². The smallest absolute Gasteiger partial charge is 0.275 e. The molecule has 1 aromatic carbocycles. The molecule has 1 amide bonds. The number of fused-ring (bicyclic) bond motifs is 1. The number of nitrogens with one attached hydrogen (secondary N) is 2. The van der Waals surface area contributed by atoms with Gasteiger partial charge in [-0.1, -0.05) is 44.0 Å². The van der Waals surface area contributed by atoms with Crippen molar-refractivity contribution in [3.63, 3.8) is 0 Å². The van der Waals surface area contributed by atoms with Crippen molar-refractivity contribution in [1.82, 2.24) is 25.5 Å². The van der Waals surface area contributed by atoms with Gasteiger partial charge in [-0.25, -0.2) is 0 Å². The molecule has 0 radical (unpaired) electrons. The molecule has 1 atom stereocenters. The Balaban J connectivity index is 1.63. The van der Waals surface area contributed by atoms with Gasteiger partial charge in [-0.05, 0) is 30.7 Å². The van der Waals surface area contributed by atoms with E-state index in [0.29, 0.717) is 17.9 Å². The summed E-state index contributed by atoms with van der Waals surface area (Å²) in [5.41, 5.74) is 0.466. The lowest BCUT2D eigenvalue weighted by Gasteiger charge is -2.18. The first-order chi connectivity index (χ1) is 13.7. The molecule has 2 heterocycles. The molecule has 1 aliphatic carbocycles. The lowest BCUT2D eigenvalue weighted by molar-refractivity contribution is -0.125. The van der Waals surface area contributed by atoms with Gasteiger partial charge in [0.15, 0.2) is 11.5 Å². The number of benzene rings is 1. The number of hydrogen-bond donors (Lipinski definition) is 2. The molecule has 1 unspecified atom stereocenters. The van der Waals surface area contributed by atoms with Gasteiger partial charge in [0.2, 0.25) is 5.91 Å². The number of carbonyl (C=O) groups is 1. The third-order valence-corrected chi connectivity index (χ3v) is 5.40. The molecule has 7 heteroatoms. The van der Waals surface area contributed by atoms with Crippen molar-refractivity contribution >= 4 is 16.7 Å². The molecule has 144 valence electrons. The molecule has 7 nitrogen and oxygen atoms in total. The summed E-state index contributed by atoms with van der Waals surface area (Å²) in [6.45, 7) is 1.92. The van der Waals surface area contributed by atoms with Gasteiger partial charge in [-0.2, -0.15) is 0 Å². The topological polar surface area (TPSA) is 101 Å². The number of nitrogens with zero attached hydrogens (tertiary/aromatic N) is 3. The van der Waals surface area contributed by atoms with Crippen LogP contribution in [0.3, 0.4) is 0 Å². The number of aromatic amines is 1. The zero-order valence-electron chi connectivity index (χ0n) is 15.8. The van der Waals surface area contributed by atoms with Gasteiger partial charge >= 0.3 is 0 Å². The maximum Gasteiger partial charge on any atom is 0.275 e. The highest BCUT2D eigenvalue weighted by molar-refractivity contribution is 5.92. The van der Waals surface area contributed by atoms with Crippen LogP contribution in [0.15, 0.2) is 41.3 Å². The summed E-state index contributed by atoms with van der Waals surface area (Å²) in [5.74, 6) is 0.369. The van der Waals surface area contributed by atoms with E-state index in [1.165, 1.54) is 0 Å². The number of aromatic nitrogens is 4. The van der Waals surface area contributed by atoms with E-state index in [2.05, 4.69) is 25.5 Å². The first-order valence-corrected chi connectivity index (χ1v) is 9.78. The SMILES string of the molecule is CCC(NC(=O)C1CCCC1)c1nnc(-c2nccc3ccccc23)[nH]c1=O. The highest BCUT2D eigenvalue weighted by atomic mass is 16.2. The molecule has 2 N–H and O–H groups in total. The van der Waals surface area contributed by atoms with E-state index in [9.17, 15) is 9.59 Å². The molecule has 1 saturated carbocycles. The third kappa shape index (κ3) is 3.52. The first kappa shape index (κ1) is 18.3. The summed E-state index contributed by atoms with van der Waals surface area (Å²) in [5, 5.41) is 13.3. The zero-order valence-corrected chi connectivity index (χ0v) is 15.8. The van der Waals surface area contributed by atoms with E-state index in [1.807, 2.05) is 37.3 Å². The fourth-order valence-electron chi connectivity index (χ4n) is 3.83. The van der Waals surface area contributed by atoms with Crippen molar-refractivity contribution in [3.05, 3.63) is 52.6 Å². The minimum atomic E-state index is -0.445. The second kappa shape index (κ2) is 7.88. The van der Waals surface area contributed by atoms with E-state index in [0.717, 1.165) is 36.5 Å². The average Bonchev–Trinajstić information content (AvgIpc) is 3.27. The van der Waals surface area contributed by atoms with Crippen LogP contribution < -0.4 is 10.9 Å². The monoisotopic (exact) mass is 377 g/mol. The number of pyridine rings is 1. The van der Waals surface area contributed by atoms with E-state index >= 15 is 0 Å². The minimum Gasteiger partial charge on any atom is -0.347 e. The molecule has 1 aliphatic rings. The molecule has 4 rings (SSSR count). The molecule has 1 fully saturated rings. The minimum absolute atomic E-state index is 0.00495. The Hall–Kier alpha value is -3.09. The van der Waals surface area contributed by atoms with Gasteiger partial charge in [0.05, 0.1) is 6.04 Å². The summed E-state index contributed by atoms with van der Waals surface area (Å²) >= 11 is 0. The van der Waals surface area contributed by atoms with Gasteiger partial charge < -0.3 is 10.3 Å². The molecule has 3 aromatic rings. The Morgan fingerprint density at radius 1 is 1.21 bits per heavy atom. The molecule has 0 spiro atoms. The number of rotatable bonds is 5. The summed E-state index contributed by atoms with van der Waals surface area (Å²) in [6, 6.07) is 9.24. The van der Waals surface area contributed by atoms with E-state index in [1.54, 1.807) is 6.20 Å². The van der Waals surface area contributed by atoms with Crippen molar-refractivity contribution in [3.8, 4) is 11.5 Å². The summed E-state index contributed by atoms with van der Waals surface area (Å²) in [4.78, 5) is 32.3. The van der Waals surface area contributed by atoms with Gasteiger partial charge in [0.25, 0.3) is 5.56 Å². The Labute approximate surface area is 162 Å². The highest BCUT2D eigenvalue weighted by Gasteiger charge is 2.26. The van der Waals surface area contributed by atoms with Crippen molar-refractivity contribution in [1.29, 1.82) is 0 Å². The third-order valence-electron chi connectivity index (χ3n) is 5.40.